The topological polar surface area (TPSA) is 0 Å². The molecule has 8 atom stereocenters. The fourth-order valence-corrected chi connectivity index (χ4v) is 10.4. The summed E-state index contributed by atoms with van der Waals surface area (Å²) in [5.74, 6) is 6.58. The van der Waals surface area contributed by atoms with Crippen LogP contribution >= 0.6 is 0 Å². The van der Waals surface area contributed by atoms with Gasteiger partial charge in [-0.25, -0.2) is 0 Å². The van der Waals surface area contributed by atoms with Crippen LogP contribution in [0.15, 0.2) is 84.1 Å². The molecule has 0 radical (unpaired) electrons. The second-order valence-electron chi connectivity index (χ2n) is 17.4. The van der Waals surface area contributed by atoms with E-state index in [4.69, 9.17) is 0 Å². The van der Waals surface area contributed by atoms with E-state index in [1.54, 1.807) is 11.1 Å². The van der Waals surface area contributed by atoms with Crippen LogP contribution < -0.4 is 0 Å². The Morgan fingerprint density at radius 3 is 1.83 bits per heavy atom. The highest BCUT2D eigenvalue weighted by atomic mass is 14.6. The summed E-state index contributed by atoms with van der Waals surface area (Å²) >= 11 is 0. The van der Waals surface area contributed by atoms with Crippen LogP contribution in [0.1, 0.15) is 106 Å². The van der Waals surface area contributed by atoms with Crippen LogP contribution in [-0.2, 0) is 0 Å². The molecule has 0 aromatic rings. The minimum absolute atomic E-state index is 0.205. The lowest BCUT2D eigenvalue weighted by Crippen LogP contribution is -2.40. The second-order valence-corrected chi connectivity index (χ2v) is 17.4. The van der Waals surface area contributed by atoms with Crippen molar-refractivity contribution in [2.45, 2.75) is 106 Å². The van der Waals surface area contributed by atoms with Gasteiger partial charge >= 0.3 is 0 Å². The van der Waals surface area contributed by atoms with Crippen LogP contribution in [0.3, 0.4) is 0 Å². The van der Waals surface area contributed by atoms with E-state index in [0.29, 0.717) is 35.0 Å². The van der Waals surface area contributed by atoms with E-state index in [1.165, 1.54) is 57.8 Å². The molecule has 0 amide bonds. The minimum Gasteiger partial charge on any atom is -0.0885 e. The van der Waals surface area contributed by atoms with Gasteiger partial charge in [-0.15, -0.1) is 0 Å². The van der Waals surface area contributed by atoms with Gasteiger partial charge in [-0.3, -0.25) is 0 Å². The van der Waals surface area contributed by atoms with Crippen LogP contribution in [-0.4, -0.2) is 0 Å². The van der Waals surface area contributed by atoms with Crippen molar-refractivity contribution in [2.24, 2.45) is 69.5 Å². The molecule has 3 fully saturated rings. The largest absolute Gasteiger partial charge is 0.0885 e. The normalized spacial score (nSPS) is 37.5. The molecule has 3 saturated carbocycles. The summed E-state index contributed by atoms with van der Waals surface area (Å²) in [6.07, 6.45) is 42.9. The van der Waals surface area contributed by atoms with Gasteiger partial charge in [0, 0.05) is 0 Å². The maximum atomic E-state index is 2.78. The molecular formula is C42H60. The van der Waals surface area contributed by atoms with E-state index in [2.05, 4.69) is 121 Å². The molecule has 0 nitrogen and oxygen atoms in total. The zero-order valence-corrected chi connectivity index (χ0v) is 28.0. The van der Waals surface area contributed by atoms with Gasteiger partial charge in [0.15, 0.2) is 0 Å². The van der Waals surface area contributed by atoms with Gasteiger partial charge in [0.05, 0.1) is 0 Å². The summed E-state index contributed by atoms with van der Waals surface area (Å²) < 4.78 is 0. The fraction of sp³-hybridized carbons (Fsp3) is 0.667. The molecule has 6 aliphatic carbocycles. The van der Waals surface area contributed by atoms with Gasteiger partial charge in [0.1, 0.15) is 0 Å². The Labute approximate surface area is 259 Å². The van der Waals surface area contributed by atoms with E-state index < -0.39 is 0 Å². The van der Waals surface area contributed by atoms with Crippen molar-refractivity contribution in [1.29, 1.82) is 0 Å². The first-order valence-corrected chi connectivity index (χ1v) is 17.8. The zero-order chi connectivity index (χ0) is 29.7. The van der Waals surface area contributed by atoms with Gasteiger partial charge in [-0.05, 0) is 126 Å². The lowest BCUT2D eigenvalue weighted by molar-refractivity contribution is 0.0451. The quantitative estimate of drug-likeness (QED) is 0.270. The SMILES string of the molecule is CC(C)(C)C1=CC2C(C=C1)C1C=CC(C(C)(C)C)=CC1C2C(C)(CC/C=C/CC1CCC2C=CC=CC21)C1CCCC1. The molecule has 0 spiro atoms. The van der Waals surface area contributed by atoms with Crippen LogP contribution in [0.2, 0.25) is 0 Å². The van der Waals surface area contributed by atoms with E-state index >= 15 is 0 Å². The van der Waals surface area contributed by atoms with E-state index in [9.17, 15) is 0 Å². The molecule has 6 aliphatic rings. The molecule has 0 heteroatoms. The highest BCUT2D eigenvalue weighted by molar-refractivity contribution is 5.39. The molecule has 0 saturated heterocycles. The molecule has 42 heavy (non-hydrogen) atoms. The standard InChI is InChI=1S/C42H60/c1-40(2,3)32-22-24-35-36-25-23-33(41(4,5)6)28-38(36)39(37(35)27-32)42(7,31-17-11-12-18-31)26-14-8-9-15-29-20-21-30-16-10-13-19-34(29)30/h8-10,13,16,19,22-25,27-31,34-39H,11-12,14-15,17-18,20-21,26H2,1-7H3/b9-8+. The van der Waals surface area contributed by atoms with E-state index in [0.717, 1.165) is 23.7 Å². The number of allylic oxidation sites excluding steroid dienone is 14. The van der Waals surface area contributed by atoms with Crippen molar-refractivity contribution in [1.82, 2.24) is 0 Å². The smallest absolute Gasteiger partial charge is 0.00952 e. The first-order chi connectivity index (χ1) is 20.0. The Balaban J connectivity index is 1.28. The number of rotatable bonds is 7. The molecule has 0 bridgehead atoms. The van der Waals surface area contributed by atoms with E-state index in [1.807, 2.05) is 0 Å². The van der Waals surface area contributed by atoms with Crippen LogP contribution in [0.25, 0.3) is 0 Å². The Bertz CT molecular complexity index is 1140. The van der Waals surface area contributed by atoms with Crippen molar-refractivity contribution >= 4 is 0 Å². The maximum absolute atomic E-state index is 2.78. The van der Waals surface area contributed by atoms with Gasteiger partial charge in [-0.2, -0.15) is 0 Å². The summed E-state index contributed by atoms with van der Waals surface area (Å²) in [5.41, 5.74) is 3.90. The zero-order valence-electron chi connectivity index (χ0n) is 28.0. The third-order valence-corrected chi connectivity index (χ3v) is 12.9. The van der Waals surface area contributed by atoms with Gasteiger partial charge in [-0.1, -0.05) is 134 Å². The monoisotopic (exact) mass is 564 g/mol. The van der Waals surface area contributed by atoms with Crippen molar-refractivity contribution in [3.63, 3.8) is 0 Å². The van der Waals surface area contributed by atoms with Crippen molar-refractivity contribution in [3.8, 4) is 0 Å². The predicted molar refractivity (Wildman–Crippen MR) is 182 cm³/mol. The first-order valence-electron chi connectivity index (χ1n) is 17.8. The molecule has 6 rings (SSSR count). The minimum atomic E-state index is 0.205. The molecule has 0 aromatic carbocycles. The summed E-state index contributed by atoms with van der Waals surface area (Å²) in [6, 6.07) is 0. The Hall–Kier alpha value is -1.82. The van der Waals surface area contributed by atoms with Gasteiger partial charge in [0.25, 0.3) is 0 Å². The highest BCUT2D eigenvalue weighted by Crippen LogP contribution is 2.63. The average molecular weight is 565 g/mol. The van der Waals surface area contributed by atoms with Crippen molar-refractivity contribution in [3.05, 3.63) is 84.1 Å². The highest BCUT2D eigenvalue weighted by Gasteiger charge is 2.57. The van der Waals surface area contributed by atoms with Crippen LogP contribution in [0.5, 0.6) is 0 Å². The third-order valence-electron chi connectivity index (χ3n) is 12.9. The fourth-order valence-electron chi connectivity index (χ4n) is 10.4. The Morgan fingerprint density at radius 1 is 0.643 bits per heavy atom. The van der Waals surface area contributed by atoms with Crippen molar-refractivity contribution in [2.75, 3.05) is 0 Å². The number of hydrogen-bond donors (Lipinski definition) is 0. The molecule has 0 aliphatic heterocycles. The Morgan fingerprint density at radius 2 is 1.24 bits per heavy atom. The summed E-state index contributed by atoms with van der Waals surface area (Å²) in [7, 11) is 0. The first kappa shape index (κ1) is 30.2. The third kappa shape index (κ3) is 5.71. The molecule has 228 valence electrons. The second kappa shape index (κ2) is 11.6. The molecular weight excluding hydrogens is 504 g/mol. The number of fused-ring (bicyclic) bond motifs is 4. The van der Waals surface area contributed by atoms with E-state index in [-0.39, 0.29) is 10.8 Å². The predicted octanol–water partition coefficient (Wildman–Crippen LogP) is 11.9. The summed E-state index contributed by atoms with van der Waals surface area (Å²) in [4.78, 5) is 0. The molecule has 0 heterocycles. The van der Waals surface area contributed by atoms with Crippen LogP contribution in [0.4, 0.5) is 0 Å². The molecule has 0 aromatic heterocycles. The lowest BCUT2D eigenvalue weighted by Gasteiger charge is -2.47. The summed E-state index contributed by atoms with van der Waals surface area (Å²) in [5, 5.41) is 0. The molecule has 0 N–H and O–H groups in total. The van der Waals surface area contributed by atoms with Crippen LogP contribution in [0, 0.1) is 69.5 Å². The molecule has 8 unspecified atom stereocenters. The average Bonchev–Trinajstić information content (AvgIpc) is 3.69. The van der Waals surface area contributed by atoms with Crippen molar-refractivity contribution < 1.29 is 0 Å². The number of hydrogen-bond acceptors (Lipinski definition) is 0. The van der Waals surface area contributed by atoms with Gasteiger partial charge in [0.2, 0.25) is 0 Å². The maximum Gasteiger partial charge on any atom is -0.00952 e. The lowest BCUT2D eigenvalue weighted by atomic mass is 9.57. The Kier molecular flexibility index (Phi) is 8.34. The summed E-state index contributed by atoms with van der Waals surface area (Å²) in [6.45, 7) is 17.2. The van der Waals surface area contributed by atoms with Gasteiger partial charge < -0.3 is 0 Å².